The van der Waals surface area contributed by atoms with Gasteiger partial charge < -0.3 is 10.1 Å². The number of benzene rings is 2. The number of halogens is 1. The molecule has 0 heterocycles. The van der Waals surface area contributed by atoms with E-state index in [2.05, 4.69) is 26.0 Å². The molecule has 0 spiro atoms. The molecule has 2 N–H and O–H groups in total. The van der Waals surface area contributed by atoms with E-state index >= 15 is 0 Å². The zero-order valence-corrected chi connectivity index (χ0v) is 16.9. The van der Waals surface area contributed by atoms with Crippen LogP contribution in [0.15, 0.2) is 57.9 Å². The minimum atomic E-state index is -3.55. The number of nitrogens with one attached hydrogen (secondary N) is 2. The molecule has 2 aromatic carbocycles. The van der Waals surface area contributed by atoms with Crippen LogP contribution in [0.1, 0.15) is 20.3 Å². The van der Waals surface area contributed by atoms with E-state index in [1.807, 2.05) is 19.1 Å². The summed E-state index contributed by atoms with van der Waals surface area (Å²) in [5, 5.41) is 2.71. The van der Waals surface area contributed by atoms with Gasteiger partial charge in [-0.05, 0) is 61.9 Å². The summed E-state index contributed by atoms with van der Waals surface area (Å²) in [6, 6.07) is 13.0. The quantitative estimate of drug-likeness (QED) is 0.657. The molecule has 2 aromatic rings. The highest BCUT2D eigenvalue weighted by atomic mass is 79.9. The van der Waals surface area contributed by atoms with Gasteiger partial charge in [0.25, 0.3) is 5.91 Å². The lowest BCUT2D eigenvalue weighted by Gasteiger charge is -2.12. The number of carbonyl (C=O) groups excluding carboxylic acids is 1. The summed E-state index contributed by atoms with van der Waals surface area (Å²) in [7, 11) is -3.55. The molecule has 26 heavy (non-hydrogen) atoms. The first kappa shape index (κ1) is 20.4. The largest absolute Gasteiger partial charge is 0.484 e. The predicted molar refractivity (Wildman–Crippen MR) is 105 cm³/mol. The third-order valence-electron chi connectivity index (χ3n) is 3.60. The highest BCUT2D eigenvalue weighted by molar-refractivity contribution is 9.10. The van der Waals surface area contributed by atoms with E-state index in [9.17, 15) is 13.2 Å². The maximum absolute atomic E-state index is 12.2. The minimum Gasteiger partial charge on any atom is -0.484 e. The monoisotopic (exact) mass is 440 g/mol. The first-order valence-corrected chi connectivity index (χ1v) is 10.4. The average molecular weight is 441 g/mol. The summed E-state index contributed by atoms with van der Waals surface area (Å²) in [6.07, 6.45) is 0.702. The summed E-state index contributed by atoms with van der Waals surface area (Å²) in [5.41, 5.74) is 0.666. The van der Waals surface area contributed by atoms with Crippen molar-refractivity contribution in [2.24, 2.45) is 0 Å². The molecule has 0 bridgehead atoms. The molecule has 140 valence electrons. The smallest absolute Gasteiger partial charge is 0.262 e. The zero-order chi connectivity index (χ0) is 19.2. The Morgan fingerprint density at radius 2 is 1.73 bits per heavy atom. The first-order valence-electron chi connectivity index (χ1n) is 8.11. The summed E-state index contributed by atoms with van der Waals surface area (Å²) in [5.74, 6) is 0.112. The molecule has 8 heteroatoms. The Hall–Kier alpha value is -1.90. The second-order valence-electron chi connectivity index (χ2n) is 5.75. The van der Waals surface area contributed by atoms with Crippen molar-refractivity contribution in [3.8, 4) is 5.75 Å². The van der Waals surface area contributed by atoms with Gasteiger partial charge in [0, 0.05) is 16.2 Å². The first-order chi connectivity index (χ1) is 12.3. The Morgan fingerprint density at radius 1 is 1.12 bits per heavy atom. The SMILES string of the molecule is CC[C@H](C)NS(=O)(=O)c1ccc(OCC(=O)Nc2ccc(Br)cc2)cc1. The number of ether oxygens (including phenoxy) is 1. The molecule has 0 saturated heterocycles. The van der Waals surface area contributed by atoms with Crippen LogP contribution in [-0.2, 0) is 14.8 Å². The Balaban J connectivity index is 1.90. The van der Waals surface area contributed by atoms with Crippen LogP contribution in [0.3, 0.4) is 0 Å². The van der Waals surface area contributed by atoms with Gasteiger partial charge >= 0.3 is 0 Å². The van der Waals surface area contributed by atoms with E-state index in [4.69, 9.17) is 4.74 Å². The van der Waals surface area contributed by atoms with Crippen molar-refractivity contribution in [1.82, 2.24) is 4.72 Å². The van der Waals surface area contributed by atoms with Crippen molar-refractivity contribution < 1.29 is 17.9 Å². The van der Waals surface area contributed by atoms with Crippen molar-refractivity contribution in [2.45, 2.75) is 31.2 Å². The van der Waals surface area contributed by atoms with Crippen LogP contribution < -0.4 is 14.8 Å². The van der Waals surface area contributed by atoms with Crippen LogP contribution in [0, 0.1) is 0 Å². The number of hydrogen-bond acceptors (Lipinski definition) is 4. The van der Waals surface area contributed by atoms with Crippen LogP contribution in [0.25, 0.3) is 0 Å². The van der Waals surface area contributed by atoms with E-state index < -0.39 is 10.0 Å². The van der Waals surface area contributed by atoms with Gasteiger partial charge in [0.05, 0.1) is 4.90 Å². The lowest BCUT2D eigenvalue weighted by atomic mass is 10.3. The van der Waals surface area contributed by atoms with E-state index in [0.717, 1.165) is 4.47 Å². The molecule has 0 unspecified atom stereocenters. The molecular formula is C18H21BrN2O4S. The van der Waals surface area contributed by atoms with Gasteiger partial charge in [0.15, 0.2) is 6.61 Å². The summed E-state index contributed by atoms with van der Waals surface area (Å²) in [6.45, 7) is 3.54. The van der Waals surface area contributed by atoms with Crippen molar-refractivity contribution >= 4 is 37.5 Å². The Morgan fingerprint density at radius 3 is 2.31 bits per heavy atom. The molecule has 0 aliphatic rings. The summed E-state index contributed by atoms with van der Waals surface area (Å²) < 4.78 is 33.3. The normalized spacial score (nSPS) is 12.4. The molecular weight excluding hydrogens is 420 g/mol. The number of carbonyl (C=O) groups is 1. The predicted octanol–water partition coefficient (Wildman–Crippen LogP) is 3.54. The summed E-state index contributed by atoms with van der Waals surface area (Å²) in [4.78, 5) is 12.1. The Kier molecular flexibility index (Phi) is 7.19. The molecule has 0 aromatic heterocycles. The topological polar surface area (TPSA) is 84.5 Å². The number of amides is 1. The molecule has 2 rings (SSSR count). The van der Waals surface area contributed by atoms with E-state index in [1.54, 1.807) is 19.1 Å². The van der Waals surface area contributed by atoms with Crippen LogP contribution in [0.2, 0.25) is 0 Å². The van der Waals surface area contributed by atoms with Gasteiger partial charge in [-0.3, -0.25) is 4.79 Å². The molecule has 1 atom stereocenters. The zero-order valence-electron chi connectivity index (χ0n) is 14.5. The lowest BCUT2D eigenvalue weighted by molar-refractivity contribution is -0.118. The van der Waals surface area contributed by atoms with Gasteiger partial charge in [-0.25, -0.2) is 13.1 Å². The molecule has 6 nitrogen and oxygen atoms in total. The molecule has 1 amide bonds. The maximum atomic E-state index is 12.2. The van der Waals surface area contributed by atoms with Gasteiger partial charge in [-0.2, -0.15) is 0 Å². The van der Waals surface area contributed by atoms with E-state index in [0.29, 0.717) is 17.9 Å². The van der Waals surface area contributed by atoms with Gasteiger partial charge in [0.1, 0.15) is 5.75 Å². The molecule has 0 fully saturated rings. The number of sulfonamides is 1. The van der Waals surface area contributed by atoms with Gasteiger partial charge in [0.2, 0.25) is 10.0 Å². The minimum absolute atomic E-state index is 0.141. The standard InChI is InChI=1S/C18H21BrN2O4S/c1-3-13(2)21-26(23,24)17-10-8-16(9-11-17)25-12-18(22)20-15-6-4-14(19)5-7-15/h4-11,13,21H,3,12H2,1-2H3,(H,20,22)/t13-/m0/s1. The third kappa shape index (κ3) is 6.12. The highest BCUT2D eigenvalue weighted by Gasteiger charge is 2.16. The Labute approximate surface area is 162 Å². The average Bonchev–Trinajstić information content (AvgIpc) is 2.62. The molecule has 0 saturated carbocycles. The summed E-state index contributed by atoms with van der Waals surface area (Å²) >= 11 is 3.33. The van der Waals surface area contributed by atoms with Crippen LogP contribution >= 0.6 is 15.9 Å². The van der Waals surface area contributed by atoms with Gasteiger partial charge in [-0.15, -0.1) is 0 Å². The maximum Gasteiger partial charge on any atom is 0.262 e. The number of hydrogen-bond donors (Lipinski definition) is 2. The second kappa shape index (κ2) is 9.16. The third-order valence-corrected chi connectivity index (χ3v) is 5.73. The number of anilines is 1. The van der Waals surface area contributed by atoms with Crippen molar-refractivity contribution in [3.63, 3.8) is 0 Å². The van der Waals surface area contributed by atoms with Crippen molar-refractivity contribution in [3.05, 3.63) is 53.0 Å². The fourth-order valence-electron chi connectivity index (χ4n) is 2.01. The van der Waals surface area contributed by atoms with Crippen LogP contribution in [0.5, 0.6) is 5.75 Å². The van der Waals surface area contributed by atoms with E-state index in [1.165, 1.54) is 24.3 Å². The van der Waals surface area contributed by atoms with Crippen LogP contribution in [0.4, 0.5) is 5.69 Å². The van der Waals surface area contributed by atoms with E-state index in [-0.39, 0.29) is 23.5 Å². The molecule has 0 aliphatic heterocycles. The number of rotatable bonds is 8. The van der Waals surface area contributed by atoms with Crippen molar-refractivity contribution in [1.29, 1.82) is 0 Å². The molecule has 0 radical (unpaired) electrons. The molecule has 0 aliphatic carbocycles. The fourth-order valence-corrected chi connectivity index (χ4v) is 3.60. The van der Waals surface area contributed by atoms with Gasteiger partial charge in [-0.1, -0.05) is 22.9 Å². The second-order valence-corrected chi connectivity index (χ2v) is 8.38. The van der Waals surface area contributed by atoms with Crippen molar-refractivity contribution in [2.75, 3.05) is 11.9 Å². The van der Waals surface area contributed by atoms with Crippen LogP contribution in [-0.4, -0.2) is 27.0 Å². The lowest BCUT2D eigenvalue weighted by Crippen LogP contribution is -2.31. The fraction of sp³-hybridized carbons (Fsp3) is 0.278. The highest BCUT2D eigenvalue weighted by Crippen LogP contribution is 2.17. The Bertz CT molecular complexity index is 836.